The van der Waals surface area contributed by atoms with Gasteiger partial charge in [-0.2, -0.15) is 6.07 Å². The Balaban J connectivity index is 0.00000432. The van der Waals surface area contributed by atoms with E-state index in [1.165, 1.54) is 16.5 Å². The first-order valence-electron chi connectivity index (χ1n) is 17.6. The van der Waals surface area contributed by atoms with E-state index in [9.17, 15) is 0 Å². The third-order valence-corrected chi connectivity index (χ3v) is 9.47. The Bertz CT molecular complexity index is 2240. The minimum atomic E-state index is -2.30. The molecule has 47 heavy (non-hydrogen) atoms. The Morgan fingerprint density at radius 3 is 2.26 bits per heavy atom. The Morgan fingerprint density at radius 1 is 0.894 bits per heavy atom. The van der Waals surface area contributed by atoms with Crippen LogP contribution >= 0.6 is 0 Å². The fourth-order valence-electron chi connectivity index (χ4n) is 6.67. The molecule has 5 nitrogen and oxygen atoms in total. The van der Waals surface area contributed by atoms with Crippen LogP contribution in [0.1, 0.15) is 112 Å². The molecule has 5 aromatic rings. The summed E-state index contributed by atoms with van der Waals surface area (Å²) in [5.41, 5.74) is 8.41. The van der Waals surface area contributed by atoms with Crippen LogP contribution in [0.15, 0.2) is 47.6 Å². The molecule has 0 aliphatic carbocycles. The van der Waals surface area contributed by atoms with E-state index in [4.69, 9.17) is 18.6 Å². The topological polar surface area (TPSA) is 48.6 Å². The molecule has 7 rings (SSSR count). The number of aryl methyl sites for hydroxylation is 2. The monoisotopic (exact) mass is 809 g/mol. The van der Waals surface area contributed by atoms with Crippen molar-refractivity contribution < 1.29 is 34.7 Å². The van der Waals surface area contributed by atoms with Crippen molar-refractivity contribution in [3.8, 4) is 17.2 Å². The SMILES string of the molecule is [2H]C([2H])([2H])[C@]1(C)COC(c2[c-]c(Oc3[c-]c4c(cc3C)C(C)(C)c3cc(C(C)(C)C)cc5c6cc(C)cnc6n-4c35)cc(C(C)(C)C)c2)=N1.[Pt+2]. The van der Waals surface area contributed by atoms with Gasteiger partial charge in [-0.25, -0.2) is 4.98 Å². The molecule has 0 spiro atoms. The largest absolute Gasteiger partial charge is 2.00 e. The maximum absolute atomic E-state index is 8.01. The molecule has 3 aromatic carbocycles. The van der Waals surface area contributed by atoms with Gasteiger partial charge in [0, 0.05) is 32.6 Å². The first kappa shape index (κ1) is 29.7. The second kappa shape index (κ2) is 10.8. The first-order chi connectivity index (χ1) is 22.6. The number of ether oxygens (including phenoxy) is 2. The molecule has 0 bridgehead atoms. The van der Waals surface area contributed by atoms with Crippen molar-refractivity contribution in [3.05, 3.63) is 93.7 Å². The molecule has 0 saturated carbocycles. The van der Waals surface area contributed by atoms with Crippen LogP contribution in [0.4, 0.5) is 0 Å². The normalized spacial score (nSPS) is 19.7. The molecule has 2 aliphatic heterocycles. The van der Waals surface area contributed by atoms with Crippen molar-refractivity contribution in [1.82, 2.24) is 9.55 Å². The molecule has 2 aliphatic rings. The van der Waals surface area contributed by atoms with Gasteiger partial charge < -0.3 is 14.0 Å². The fourth-order valence-corrected chi connectivity index (χ4v) is 6.67. The van der Waals surface area contributed by atoms with Gasteiger partial charge in [-0.15, -0.1) is 28.8 Å². The van der Waals surface area contributed by atoms with Crippen molar-refractivity contribution in [2.75, 3.05) is 6.61 Å². The van der Waals surface area contributed by atoms with Gasteiger partial charge in [-0.05, 0) is 65.8 Å². The molecule has 1 atom stereocenters. The molecular weight excluding hydrogens is 762 g/mol. The number of pyridine rings is 1. The summed E-state index contributed by atoms with van der Waals surface area (Å²) >= 11 is 0. The van der Waals surface area contributed by atoms with E-state index in [0.29, 0.717) is 17.1 Å². The van der Waals surface area contributed by atoms with Crippen LogP contribution in [0.25, 0.3) is 27.6 Å². The van der Waals surface area contributed by atoms with Gasteiger partial charge in [0.1, 0.15) is 18.2 Å². The standard InChI is InChI=1S/C41H45N3O2.Pt/c1-23-13-30-29-18-27(39(6,7)8)19-32-35(29)44(36(30)42-21-23)33-20-34(24(2)14-31(33)41(32,11)12)46-28-16-25(15-26(17-28)38(3,4)5)37-43-40(9,10)22-45-37;/h13-15,17-19,21H,22H2,1-12H3;/q-2;+2/i9D3;/t40-;/m0./s1. The number of aromatic nitrogens is 2. The Hall–Kier alpha value is -3.43. The van der Waals surface area contributed by atoms with Crippen LogP contribution in [-0.2, 0) is 42.0 Å². The predicted octanol–water partition coefficient (Wildman–Crippen LogP) is 9.98. The summed E-state index contributed by atoms with van der Waals surface area (Å²) in [5.74, 6) is 1.33. The maximum atomic E-state index is 8.01. The molecule has 0 unspecified atom stereocenters. The molecule has 0 radical (unpaired) electrons. The van der Waals surface area contributed by atoms with Crippen molar-refractivity contribution >= 4 is 27.8 Å². The third-order valence-electron chi connectivity index (χ3n) is 9.47. The summed E-state index contributed by atoms with van der Waals surface area (Å²) < 4.78 is 38.9. The van der Waals surface area contributed by atoms with Gasteiger partial charge in [-0.1, -0.05) is 91.8 Å². The average Bonchev–Trinajstić information content (AvgIpc) is 3.55. The number of aliphatic imine (C=N–C) groups is 1. The van der Waals surface area contributed by atoms with E-state index in [-0.39, 0.29) is 49.8 Å². The van der Waals surface area contributed by atoms with Crippen molar-refractivity contribution in [2.24, 2.45) is 4.99 Å². The molecular formula is C41H45N3O2Pt. The zero-order valence-corrected chi connectivity index (χ0v) is 31.5. The smallest absolute Gasteiger partial charge is 0.518 e. The average molecular weight is 810 g/mol. The molecule has 246 valence electrons. The van der Waals surface area contributed by atoms with Crippen molar-refractivity contribution in [3.63, 3.8) is 0 Å². The molecule has 6 heteroatoms. The van der Waals surface area contributed by atoms with Gasteiger partial charge in [0.25, 0.3) is 0 Å². The minimum Gasteiger partial charge on any atom is -0.518 e. The zero-order chi connectivity index (χ0) is 35.6. The number of fused-ring (bicyclic) bond motifs is 5. The fraction of sp³-hybridized carbons (Fsp3) is 0.415. The Labute approximate surface area is 298 Å². The van der Waals surface area contributed by atoms with Crippen LogP contribution in [0.3, 0.4) is 0 Å². The van der Waals surface area contributed by atoms with E-state index in [2.05, 4.69) is 115 Å². The minimum absolute atomic E-state index is 0. The summed E-state index contributed by atoms with van der Waals surface area (Å²) in [7, 11) is 0. The number of hydrogen-bond donors (Lipinski definition) is 0. The Morgan fingerprint density at radius 2 is 1.60 bits per heavy atom. The van der Waals surface area contributed by atoms with E-state index >= 15 is 0 Å². The van der Waals surface area contributed by atoms with Gasteiger partial charge in [0.05, 0.1) is 11.1 Å². The zero-order valence-electron chi connectivity index (χ0n) is 32.2. The van der Waals surface area contributed by atoms with E-state index in [1.54, 1.807) is 6.92 Å². The van der Waals surface area contributed by atoms with Crippen LogP contribution in [0.5, 0.6) is 11.5 Å². The summed E-state index contributed by atoms with van der Waals surface area (Å²) in [5, 5.41) is 2.32. The second-order valence-electron chi connectivity index (χ2n) is 16.0. The second-order valence-corrected chi connectivity index (χ2v) is 16.0. The van der Waals surface area contributed by atoms with Crippen LogP contribution < -0.4 is 4.74 Å². The molecule has 0 amide bonds. The molecule has 0 N–H and O–H groups in total. The van der Waals surface area contributed by atoms with E-state index in [1.807, 2.05) is 18.3 Å². The number of nitrogens with zero attached hydrogens (tertiary/aromatic N) is 3. The number of hydrogen-bond acceptors (Lipinski definition) is 4. The predicted molar refractivity (Wildman–Crippen MR) is 188 cm³/mol. The summed E-state index contributed by atoms with van der Waals surface area (Å²) in [6.07, 6.45) is 1.93. The Kier molecular flexibility index (Phi) is 6.81. The van der Waals surface area contributed by atoms with E-state index in [0.717, 1.165) is 44.5 Å². The summed E-state index contributed by atoms with van der Waals surface area (Å²) in [4.78, 5) is 9.53. The molecule has 0 fully saturated rings. The van der Waals surface area contributed by atoms with Crippen molar-refractivity contribution in [1.29, 1.82) is 0 Å². The molecule has 4 heterocycles. The van der Waals surface area contributed by atoms with Gasteiger partial charge in [-0.3, -0.25) is 4.99 Å². The van der Waals surface area contributed by atoms with Crippen LogP contribution in [-0.4, -0.2) is 27.6 Å². The quantitative estimate of drug-likeness (QED) is 0.171. The van der Waals surface area contributed by atoms with Gasteiger partial charge in [0.15, 0.2) is 0 Å². The molecule has 0 saturated heterocycles. The number of benzene rings is 3. The first-order valence-corrected chi connectivity index (χ1v) is 16.1. The van der Waals surface area contributed by atoms with E-state index < -0.39 is 12.4 Å². The number of rotatable bonds is 3. The maximum Gasteiger partial charge on any atom is 2.00 e. The van der Waals surface area contributed by atoms with Gasteiger partial charge >= 0.3 is 21.1 Å². The summed E-state index contributed by atoms with van der Waals surface area (Å²) in [6, 6.07) is 20.2. The summed E-state index contributed by atoms with van der Waals surface area (Å²) in [6.45, 7) is 21.2. The third kappa shape index (κ3) is 5.53. The van der Waals surface area contributed by atoms with Crippen LogP contribution in [0, 0.1) is 26.0 Å². The van der Waals surface area contributed by atoms with Gasteiger partial charge in [0.2, 0.25) is 0 Å². The molecule has 2 aromatic heterocycles. The van der Waals surface area contributed by atoms with Crippen LogP contribution in [0.2, 0.25) is 0 Å². The van der Waals surface area contributed by atoms with Crippen molar-refractivity contribution in [2.45, 2.75) is 105 Å².